The van der Waals surface area contributed by atoms with E-state index in [4.69, 9.17) is 9.47 Å². The predicted octanol–water partition coefficient (Wildman–Crippen LogP) is 0.529. The minimum Gasteiger partial charge on any atom is -0.472 e. The van der Waals surface area contributed by atoms with Crippen LogP contribution < -0.4 is 4.74 Å². The van der Waals surface area contributed by atoms with Crippen molar-refractivity contribution >= 4 is 11.8 Å². The number of hydrogen-bond donors (Lipinski definition) is 2. The van der Waals surface area contributed by atoms with Crippen LogP contribution in [0.3, 0.4) is 0 Å². The van der Waals surface area contributed by atoms with Crippen molar-refractivity contribution in [1.82, 2.24) is 14.8 Å². The molecular weight excluding hydrogens is 414 g/mol. The smallest absolute Gasteiger partial charge is 0.259 e. The molecule has 2 amide bonds. The number of ether oxygens (including phenoxy) is 2. The van der Waals surface area contributed by atoms with Gasteiger partial charge in [0, 0.05) is 38.4 Å². The topological polar surface area (TPSA) is 112 Å². The van der Waals surface area contributed by atoms with E-state index in [2.05, 4.69) is 16.8 Å². The van der Waals surface area contributed by atoms with Crippen LogP contribution in [0.1, 0.15) is 43.6 Å². The zero-order valence-corrected chi connectivity index (χ0v) is 19.6. The maximum atomic E-state index is 13.3. The lowest BCUT2D eigenvalue weighted by Gasteiger charge is -2.37. The Balaban J connectivity index is 2.46. The van der Waals surface area contributed by atoms with E-state index in [1.165, 1.54) is 18.2 Å². The Kier molecular flexibility index (Phi) is 8.61. The first-order chi connectivity index (χ1) is 15.0. The van der Waals surface area contributed by atoms with Crippen LogP contribution in [-0.2, 0) is 9.53 Å². The Hall–Kier alpha value is -2.67. The van der Waals surface area contributed by atoms with Crippen LogP contribution in [0.4, 0.5) is 0 Å². The molecule has 2 rings (SSSR count). The number of nitrogens with zero attached hydrogens (tertiary/aromatic N) is 3. The number of pyridine rings is 1. The third-order valence-electron chi connectivity index (χ3n) is 5.18. The summed E-state index contributed by atoms with van der Waals surface area (Å²) >= 11 is 0. The molecule has 9 heteroatoms. The Morgan fingerprint density at radius 3 is 2.78 bits per heavy atom. The number of rotatable bonds is 6. The number of fused-ring (bicyclic) bond motifs is 1. The van der Waals surface area contributed by atoms with E-state index in [1.807, 2.05) is 6.92 Å². The van der Waals surface area contributed by atoms with Crippen molar-refractivity contribution in [1.29, 1.82) is 0 Å². The molecule has 2 heterocycles. The third-order valence-corrected chi connectivity index (χ3v) is 5.18. The van der Waals surface area contributed by atoms with Gasteiger partial charge in [-0.15, -0.1) is 0 Å². The number of aliphatic hydroxyl groups excluding tert-OH is 1. The Labute approximate surface area is 189 Å². The van der Waals surface area contributed by atoms with Crippen LogP contribution >= 0.6 is 0 Å². The van der Waals surface area contributed by atoms with Gasteiger partial charge >= 0.3 is 0 Å². The summed E-state index contributed by atoms with van der Waals surface area (Å²) in [6, 6.07) is 1.16. The molecule has 3 atom stereocenters. The van der Waals surface area contributed by atoms with E-state index in [1.54, 1.807) is 38.8 Å². The molecule has 0 spiro atoms. The molecule has 2 N–H and O–H groups in total. The van der Waals surface area contributed by atoms with Crippen LogP contribution in [0.25, 0.3) is 0 Å². The maximum absolute atomic E-state index is 13.3. The first-order valence-electron chi connectivity index (χ1n) is 10.5. The van der Waals surface area contributed by atoms with Gasteiger partial charge < -0.3 is 29.5 Å². The molecule has 32 heavy (non-hydrogen) atoms. The highest BCUT2D eigenvalue weighted by Gasteiger charge is 2.34. The van der Waals surface area contributed by atoms with Crippen molar-refractivity contribution in [3.05, 3.63) is 23.4 Å². The summed E-state index contributed by atoms with van der Waals surface area (Å²) < 4.78 is 11.1. The quantitative estimate of drug-likeness (QED) is 0.612. The number of aliphatic hydroxyl groups is 2. The Morgan fingerprint density at radius 1 is 1.50 bits per heavy atom. The van der Waals surface area contributed by atoms with Gasteiger partial charge in [0.15, 0.2) is 0 Å². The van der Waals surface area contributed by atoms with Crippen LogP contribution in [0.2, 0.25) is 0 Å². The molecule has 9 nitrogen and oxygen atoms in total. The second kappa shape index (κ2) is 10.8. The molecule has 0 fully saturated rings. The van der Waals surface area contributed by atoms with Crippen molar-refractivity contribution in [3.8, 4) is 17.7 Å². The Morgan fingerprint density at radius 2 is 2.19 bits per heavy atom. The number of hydrogen-bond acceptors (Lipinski definition) is 7. The summed E-state index contributed by atoms with van der Waals surface area (Å²) in [5.41, 5.74) is -0.519. The molecular formula is C23H33N3O6. The molecule has 1 aromatic heterocycles. The number of carbonyl (C=O) groups excluding carboxylic acids is 2. The normalized spacial score (nSPS) is 19.6. The van der Waals surface area contributed by atoms with Crippen LogP contribution in [0.15, 0.2) is 12.3 Å². The molecule has 0 radical (unpaired) electrons. The van der Waals surface area contributed by atoms with Gasteiger partial charge in [-0.2, -0.15) is 0 Å². The number of aromatic nitrogens is 1. The lowest BCUT2D eigenvalue weighted by Crippen LogP contribution is -2.50. The van der Waals surface area contributed by atoms with Gasteiger partial charge in [0.1, 0.15) is 23.9 Å². The van der Waals surface area contributed by atoms with E-state index in [-0.39, 0.29) is 48.9 Å². The van der Waals surface area contributed by atoms with Crippen molar-refractivity contribution in [3.63, 3.8) is 0 Å². The fourth-order valence-electron chi connectivity index (χ4n) is 3.22. The molecule has 1 aliphatic heterocycles. The maximum Gasteiger partial charge on any atom is 0.259 e. The monoisotopic (exact) mass is 447 g/mol. The minimum atomic E-state index is -1.19. The summed E-state index contributed by atoms with van der Waals surface area (Å²) in [7, 11) is 3.12. The van der Waals surface area contributed by atoms with Gasteiger partial charge in [-0.1, -0.05) is 18.8 Å². The number of likely N-dealkylation sites (N-methyl/N-ethyl adjacent to an activating group) is 1. The van der Waals surface area contributed by atoms with E-state index >= 15 is 0 Å². The summed E-state index contributed by atoms with van der Waals surface area (Å²) in [5, 5.41) is 19.6. The second-order valence-corrected chi connectivity index (χ2v) is 8.72. The Bertz CT molecular complexity index is 886. The van der Waals surface area contributed by atoms with Crippen molar-refractivity contribution < 1.29 is 29.3 Å². The van der Waals surface area contributed by atoms with E-state index in [0.717, 1.165) is 0 Å². The van der Waals surface area contributed by atoms with Crippen molar-refractivity contribution in [2.45, 2.75) is 45.4 Å². The van der Waals surface area contributed by atoms with Gasteiger partial charge in [-0.25, -0.2) is 4.98 Å². The lowest BCUT2D eigenvalue weighted by molar-refractivity contribution is -0.135. The number of carbonyl (C=O) groups is 2. The minimum absolute atomic E-state index is 0.0399. The van der Waals surface area contributed by atoms with Gasteiger partial charge in [0.25, 0.3) is 5.91 Å². The second-order valence-electron chi connectivity index (χ2n) is 8.72. The fraction of sp³-hybridized carbons (Fsp3) is 0.609. The zero-order chi connectivity index (χ0) is 24.1. The van der Waals surface area contributed by atoms with E-state index in [0.29, 0.717) is 12.1 Å². The molecule has 0 aromatic carbocycles. The molecule has 0 bridgehead atoms. The van der Waals surface area contributed by atoms with Crippen LogP contribution in [0, 0.1) is 17.8 Å². The SMILES string of the molecule is COCC(=O)N(C)C[C@@H]1Oc2ncc(C#CC(C)(C)O)cc2C(=O)N([C@@H](C)CO)C[C@@H]1C. The van der Waals surface area contributed by atoms with Crippen molar-refractivity contribution in [2.24, 2.45) is 5.92 Å². The molecule has 0 unspecified atom stereocenters. The highest BCUT2D eigenvalue weighted by atomic mass is 16.5. The largest absolute Gasteiger partial charge is 0.472 e. The molecule has 1 aromatic rings. The molecule has 1 aliphatic rings. The first kappa shape index (κ1) is 25.6. The van der Waals surface area contributed by atoms with Crippen LogP contribution in [0.5, 0.6) is 5.88 Å². The average Bonchev–Trinajstić information content (AvgIpc) is 2.73. The summed E-state index contributed by atoms with van der Waals surface area (Å²) in [6.07, 6.45) is 1.04. The van der Waals surface area contributed by atoms with E-state index < -0.39 is 17.7 Å². The van der Waals surface area contributed by atoms with Crippen LogP contribution in [-0.4, -0.2) is 95.0 Å². The molecule has 0 saturated heterocycles. The number of amides is 2. The predicted molar refractivity (Wildman–Crippen MR) is 118 cm³/mol. The highest BCUT2D eigenvalue weighted by Crippen LogP contribution is 2.27. The highest BCUT2D eigenvalue weighted by molar-refractivity contribution is 5.97. The first-order valence-corrected chi connectivity index (χ1v) is 10.5. The number of methoxy groups -OCH3 is 1. The van der Waals surface area contributed by atoms with Crippen molar-refractivity contribution in [2.75, 3.05) is 40.5 Å². The standard InChI is InChI=1S/C23H33N3O6/c1-15-11-26(16(2)13-27)22(29)18-9-17(7-8-23(3,4)30)10-24-21(18)32-19(15)12-25(5)20(28)14-31-6/h9-10,15-16,19,27,30H,11-14H2,1-6H3/t15-,16-,19-/m0/s1. The molecule has 176 valence electrons. The van der Waals surface area contributed by atoms with Gasteiger partial charge in [-0.05, 0) is 26.8 Å². The van der Waals surface area contributed by atoms with Gasteiger partial charge in [-0.3, -0.25) is 9.59 Å². The molecule has 0 saturated carbocycles. The summed E-state index contributed by atoms with van der Waals surface area (Å²) in [4.78, 5) is 32.9. The summed E-state index contributed by atoms with van der Waals surface area (Å²) in [5.74, 6) is 5.02. The van der Waals surface area contributed by atoms with Gasteiger partial charge in [0.2, 0.25) is 11.8 Å². The summed E-state index contributed by atoms with van der Waals surface area (Å²) in [6.45, 7) is 7.19. The molecule has 0 aliphatic carbocycles. The fourth-order valence-corrected chi connectivity index (χ4v) is 3.22. The third kappa shape index (κ3) is 6.66. The van der Waals surface area contributed by atoms with Gasteiger partial charge in [0.05, 0.1) is 19.2 Å². The lowest BCUT2D eigenvalue weighted by atomic mass is 10.00. The average molecular weight is 448 g/mol. The van der Waals surface area contributed by atoms with E-state index in [9.17, 15) is 19.8 Å². The zero-order valence-electron chi connectivity index (χ0n) is 19.6.